The predicted molar refractivity (Wildman–Crippen MR) is 93.5 cm³/mol. The molecule has 2 aromatic rings. The summed E-state index contributed by atoms with van der Waals surface area (Å²) in [5.41, 5.74) is 1.26. The van der Waals surface area contributed by atoms with Crippen LogP contribution in [-0.4, -0.2) is 56.8 Å². The fraction of sp³-hybridized carbons (Fsp3) is 0.500. The zero-order valence-corrected chi connectivity index (χ0v) is 14.3. The number of hydrogen-bond donors (Lipinski definition) is 3. The number of benzene rings is 1. The molecule has 0 bridgehead atoms. The molecule has 1 aliphatic heterocycles. The van der Waals surface area contributed by atoms with E-state index in [2.05, 4.69) is 37.5 Å². The summed E-state index contributed by atoms with van der Waals surface area (Å²) in [4.78, 5) is 18.6. The average molecular weight is 343 g/mol. The third-order valence-electron chi connectivity index (χ3n) is 4.72. The van der Waals surface area contributed by atoms with Crippen LogP contribution in [0.5, 0.6) is 0 Å². The number of carbonyl (C=O) groups excluding carboxylic acids is 1. The lowest BCUT2D eigenvalue weighted by Gasteiger charge is -2.38. The van der Waals surface area contributed by atoms with Crippen LogP contribution in [0.3, 0.4) is 0 Å². The lowest BCUT2D eigenvalue weighted by molar-refractivity contribution is -0.122. The van der Waals surface area contributed by atoms with Gasteiger partial charge in [0.05, 0.1) is 0 Å². The van der Waals surface area contributed by atoms with Crippen LogP contribution in [0.4, 0.5) is 0 Å². The number of aromatic nitrogens is 3. The Kier molecular flexibility index (Phi) is 6.14. The molecule has 3 N–H and O–H groups in total. The summed E-state index contributed by atoms with van der Waals surface area (Å²) in [6, 6.07) is 10.3. The molecule has 0 spiro atoms. The fourth-order valence-electron chi connectivity index (χ4n) is 3.30. The van der Waals surface area contributed by atoms with Gasteiger partial charge in [-0.2, -0.15) is 5.10 Å². The first kappa shape index (κ1) is 17.6. The molecule has 7 heteroatoms. The van der Waals surface area contributed by atoms with E-state index in [4.69, 9.17) is 0 Å². The van der Waals surface area contributed by atoms with Crippen molar-refractivity contribution in [2.75, 3.05) is 19.7 Å². The Morgan fingerprint density at radius 2 is 2.20 bits per heavy atom. The van der Waals surface area contributed by atoms with Crippen LogP contribution in [-0.2, 0) is 17.8 Å². The molecule has 0 radical (unpaired) electrons. The Morgan fingerprint density at radius 3 is 2.92 bits per heavy atom. The number of nitrogens with zero attached hydrogens (tertiary/aromatic N) is 3. The van der Waals surface area contributed by atoms with Crippen LogP contribution < -0.4 is 5.32 Å². The second kappa shape index (κ2) is 8.73. The summed E-state index contributed by atoms with van der Waals surface area (Å²) in [6.07, 6.45) is 3.23. The van der Waals surface area contributed by atoms with Gasteiger partial charge < -0.3 is 10.4 Å². The third kappa shape index (κ3) is 5.11. The zero-order valence-electron chi connectivity index (χ0n) is 14.3. The molecular weight excluding hydrogens is 318 g/mol. The Bertz CT molecular complexity index is 647. The van der Waals surface area contributed by atoms with Crippen molar-refractivity contribution < 1.29 is 9.90 Å². The monoisotopic (exact) mass is 343 g/mol. The second-order valence-electron chi connectivity index (χ2n) is 6.56. The predicted octanol–water partition coefficient (Wildman–Crippen LogP) is 0.737. The number of carbonyl (C=O) groups is 1. The molecule has 1 aromatic carbocycles. The van der Waals surface area contributed by atoms with E-state index in [-0.39, 0.29) is 24.5 Å². The van der Waals surface area contributed by atoms with Crippen LogP contribution in [0.1, 0.15) is 24.2 Å². The molecule has 7 nitrogen and oxygen atoms in total. The molecule has 2 unspecified atom stereocenters. The second-order valence-corrected chi connectivity index (χ2v) is 6.56. The zero-order chi connectivity index (χ0) is 17.5. The molecule has 0 aliphatic carbocycles. The molecule has 1 saturated heterocycles. The minimum atomic E-state index is -0.0234. The fourth-order valence-corrected chi connectivity index (χ4v) is 3.30. The number of hydrogen-bond acceptors (Lipinski definition) is 5. The van der Waals surface area contributed by atoms with Gasteiger partial charge in [0.25, 0.3) is 0 Å². The van der Waals surface area contributed by atoms with Crippen LogP contribution in [0.2, 0.25) is 0 Å². The van der Waals surface area contributed by atoms with Gasteiger partial charge in [-0.05, 0) is 18.5 Å². The van der Waals surface area contributed by atoms with E-state index in [1.54, 1.807) is 0 Å². The summed E-state index contributed by atoms with van der Waals surface area (Å²) >= 11 is 0. The van der Waals surface area contributed by atoms with E-state index in [1.807, 2.05) is 18.2 Å². The van der Waals surface area contributed by atoms with Gasteiger partial charge in [0, 0.05) is 44.5 Å². The highest BCUT2D eigenvalue weighted by Crippen LogP contribution is 2.19. The maximum atomic E-state index is 12.3. The number of amides is 1. The lowest BCUT2D eigenvalue weighted by Crippen LogP contribution is -2.53. The number of piperidine rings is 1. The van der Waals surface area contributed by atoms with Crippen LogP contribution >= 0.6 is 0 Å². The Morgan fingerprint density at radius 1 is 1.36 bits per heavy atom. The quantitative estimate of drug-likeness (QED) is 0.689. The van der Waals surface area contributed by atoms with Gasteiger partial charge in [0.2, 0.25) is 5.91 Å². The minimum Gasteiger partial charge on any atom is -0.396 e. The average Bonchev–Trinajstić information content (AvgIpc) is 3.15. The molecule has 0 saturated carbocycles. The normalized spacial score (nSPS) is 21.2. The van der Waals surface area contributed by atoms with Gasteiger partial charge in [-0.3, -0.25) is 14.8 Å². The Hall–Kier alpha value is -2.25. The maximum Gasteiger partial charge on any atom is 0.220 e. The molecule has 2 atom stereocenters. The van der Waals surface area contributed by atoms with Crippen molar-refractivity contribution in [3.63, 3.8) is 0 Å². The number of nitrogens with one attached hydrogen (secondary N) is 2. The van der Waals surface area contributed by atoms with Gasteiger partial charge in [-0.15, -0.1) is 0 Å². The molecule has 3 rings (SSSR count). The molecule has 1 amide bonds. The smallest absolute Gasteiger partial charge is 0.220 e. The number of H-pyrrole nitrogens is 1. The first-order chi connectivity index (χ1) is 12.2. The van der Waals surface area contributed by atoms with Crippen molar-refractivity contribution in [2.45, 2.75) is 31.8 Å². The van der Waals surface area contributed by atoms with E-state index in [0.717, 1.165) is 26.1 Å². The first-order valence-electron chi connectivity index (χ1n) is 8.75. The molecule has 1 aromatic heterocycles. The first-order valence-corrected chi connectivity index (χ1v) is 8.75. The van der Waals surface area contributed by atoms with E-state index in [9.17, 15) is 9.90 Å². The molecule has 2 heterocycles. The van der Waals surface area contributed by atoms with Crippen molar-refractivity contribution in [3.05, 3.63) is 48.0 Å². The number of aryl methyl sites for hydroxylation is 1. The molecular formula is C18H25N5O2. The highest BCUT2D eigenvalue weighted by Gasteiger charge is 2.29. The topological polar surface area (TPSA) is 94.1 Å². The summed E-state index contributed by atoms with van der Waals surface area (Å²) in [7, 11) is 0. The molecule has 25 heavy (non-hydrogen) atoms. The van der Waals surface area contributed by atoms with E-state index in [0.29, 0.717) is 18.7 Å². The van der Waals surface area contributed by atoms with Crippen LogP contribution in [0.15, 0.2) is 36.7 Å². The Labute approximate surface area is 147 Å². The van der Waals surface area contributed by atoms with E-state index >= 15 is 0 Å². The summed E-state index contributed by atoms with van der Waals surface area (Å²) in [6.45, 7) is 2.66. The number of aliphatic hydroxyl groups excluding tert-OH is 1. The van der Waals surface area contributed by atoms with Crippen molar-refractivity contribution in [1.29, 1.82) is 0 Å². The van der Waals surface area contributed by atoms with Crippen molar-refractivity contribution in [1.82, 2.24) is 25.4 Å². The molecule has 1 aliphatic rings. The van der Waals surface area contributed by atoms with Crippen LogP contribution in [0.25, 0.3) is 0 Å². The lowest BCUT2D eigenvalue weighted by atomic mass is 9.91. The SMILES string of the molecule is O=C(CCc1ncn[nH]1)NC1CN(Cc2ccccc2)CCC1CO. The van der Waals surface area contributed by atoms with Crippen molar-refractivity contribution >= 4 is 5.91 Å². The van der Waals surface area contributed by atoms with Crippen molar-refractivity contribution in [2.24, 2.45) is 5.92 Å². The summed E-state index contributed by atoms with van der Waals surface area (Å²) in [5, 5.41) is 19.3. The van der Waals surface area contributed by atoms with E-state index in [1.165, 1.54) is 11.9 Å². The minimum absolute atomic E-state index is 0.0126. The summed E-state index contributed by atoms with van der Waals surface area (Å²) < 4.78 is 0. The largest absolute Gasteiger partial charge is 0.396 e. The number of aromatic amines is 1. The Balaban J connectivity index is 1.52. The van der Waals surface area contributed by atoms with Crippen molar-refractivity contribution in [3.8, 4) is 0 Å². The maximum absolute atomic E-state index is 12.3. The summed E-state index contributed by atoms with van der Waals surface area (Å²) in [5.74, 6) is 0.811. The van der Waals surface area contributed by atoms with E-state index < -0.39 is 0 Å². The van der Waals surface area contributed by atoms with Gasteiger partial charge in [0.15, 0.2) is 0 Å². The number of likely N-dealkylation sites (tertiary alicyclic amines) is 1. The standard InChI is InChI=1S/C18H25N5O2/c24-12-15-8-9-23(10-14-4-2-1-3-5-14)11-16(15)21-18(25)7-6-17-19-13-20-22-17/h1-5,13,15-16,24H,6-12H2,(H,21,25)(H,19,20,22). The molecule has 134 valence electrons. The third-order valence-corrected chi connectivity index (χ3v) is 4.72. The highest BCUT2D eigenvalue weighted by molar-refractivity contribution is 5.76. The van der Waals surface area contributed by atoms with Gasteiger partial charge in [-0.25, -0.2) is 4.98 Å². The van der Waals surface area contributed by atoms with Crippen LogP contribution in [0, 0.1) is 5.92 Å². The number of rotatable bonds is 7. The number of aliphatic hydroxyl groups is 1. The van der Waals surface area contributed by atoms with Gasteiger partial charge >= 0.3 is 0 Å². The highest BCUT2D eigenvalue weighted by atomic mass is 16.3. The van der Waals surface area contributed by atoms with Gasteiger partial charge in [-0.1, -0.05) is 30.3 Å². The molecule has 1 fully saturated rings. The van der Waals surface area contributed by atoms with Gasteiger partial charge in [0.1, 0.15) is 12.2 Å².